The van der Waals surface area contributed by atoms with Gasteiger partial charge in [0.2, 0.25) is 5.91 Å². The molecule has 0 bridgehead atoms. The molecular formula is C22H22F4N2O3. The molecule has 1 aliphatic rings. The van der Waals surface area contributed by atoms with E-state index in [1.807, 2.05) is 0 Å². The van der Waals surface area contributed by atoms with Gasteiger partial charge < -0.3 is 15.0 Å². The first kappa shape index (κ1) is 22.6. The molecule has 0 spiro atoms. The lowest BCUT2D eigenvalue weighted by Crippen LogP contribution is -2.42. The lowest BCUT2D eigenvalue weighted by atomic mass is 9.95. The third-order valence-electron chi connectivity index (χ3n) is 5.04. The van der Waals surface area contributed by atoms with Crippen molar-refractivity contribution in [3.05, 3.63) is 65.5 Å². The van der Waals surface area contributed by atoms with E-state index >= 15 is 0 Å². The van der Waals surface area contributed by atoms with Crippen LogP contribution in [0.2, 0.25) is 0 Å². The van der Waals surface area contributed by atoms with Crippen molar-refractivity contribution in [2.45, 2.75) is 25.6 Å². The third kappa shape index (κ3) is 6.70. The van der Waals surface area contributed by atoms with Gasteiger partial charge in [-0.15, -0.1) is 0 Å². The zero-order chi connectivity index (χ0) is 22.4. The standard InChI is InChI=1S/C22H22F4N2O3/c23-18-5-3-17(4-6-18)21(30)28-11-9-16(10-12-28)20(29)27-13-15-1-7-19(8-2-15)31-14-22(24,25)26/h1-8,16H,9-14H2,(H,27,29). The van der Waals surface area contributed by atoms with Gasteiger partial charge in [-0.05, 0) is 54.8 Å². The summed E-state index contributed by atoms with van der Waals surface area (Å²) in [5.74, 6) is -0.856. The Morgan fingerprint density at radius 2 is 1.61 bits per heavy atom. The molecule has 2 amide bonds. The molecule has 0 aliphatic carbocycles. The Morgan fingerprint density at radius 3 is 2.19 bits per heavy atom. The zero-order valence-corrected chi connectivity index (χ0v) is 16.6. The summed E-state index contributed by atoms with van der Waals surface area (Å²) in [6, 6.07) is 11.4. The molecule has 31 heavy (non-hydrogen) atoms. The van der Waals surface area contributed by atoms with Crippen LogP contribution in [0.25, 0.3) is 0 Å². The predicted octanol–water partition coefficient (Wildman–Crippen LogP) is 3.94. The molecule has 9 heteroatoms. The first-order valence-corrected chi connectivity index (χ1v) is 9.82. The summed E-state index contributed by atoms with van der Waals surface area (Å²) in [7, 11) is 0. The Balaban J connectivity index is 1.43. The van der Waals surface area contributed by atoms with E-state index in [0.29, 0.717) is 31.5 Å². The predicted molar refractivity (Wildman–Crippen MR) is 105 cm³/mol. The number of hydrogen-bond acceptors (Lipinski definition) is 3. The van der Waals surface area contributed by atoms with E-state index in [9.17, 15) is 27.2 Å². The number of hydrogen-bond donors (Lipinski definition) is 1. The first-order chi connectivity index (χ1) is 14.7. The molecule has 3 rings (SSSR count). The second-order valence-corrected chi connectivity index (χ2v) is 7.34. The molecule has 5 nitrogen and oxygen atoms in total. The van der Waals surface area contributed by atoms with Crippen molar-refractivity contribution in [3.63, 3.8) is 0 Å². The Morgan fingerprint density at radius 1 is 1.00 bits per heavy atom. The van der Waals surface area contributed by atoms with Gasteiger partial charge in [-0.25, -0.2) is 4.39 Å². The number of benzene rings is 2. The number of alkyl halides is 3. The number of halogens is 4. The highest BCUT2D eigenvalue weighted by Gasteiger charge is 2.29. The number of carbonyl (C=O) groups excluding carboxylic acids is 2. The van der Waals surface area contributed by atoms with Crippen LogP contribution in [-0.2, 0) is 11.3 Å². The average molecular weight is 438 g/mol. The summed E-state index contributed by atoms with van der Waals surface area (Å²) < 4.78 is 54.2. The fraction of sp³-hybridized carbons (Fsp3) is 0.364. The molecule has 0 saturated carbocycles. The summed E-state index contributed by atoms with van der Waals surface area (Å²) in [6.45, 7) is -0.252. The van der Waals surface area contributed by atoms with Gasteiger partial charge in [0.15, 0.2) is 6.61 Å². The molecule has 1 saturated heterocycles. The van der Waals surface area contributed by atoms with Crippen LogP contribution < -0.4 is 10.1 Å². The van der Waals surface area contributed by atoms with Crippen LogP contribution in [-0.4, -0.2) is 42.6 Å². The molecule has 2 aromatic carbocycles. The van der Waals surface area contributed by atoms with Gasteiger partial charge in [0.1, 0.15) is 11.6 Å². The molecule has 0 atom stereocenters. The van der Waals surface area contributed by atoms with E-state index in [2.05, 4.69) is 10.1 Å². The number of piperidine rings is 1. The molecule has 0 aromatic heterocycles. The van der Waals surface area contributed by atoms with Gasteiger partial charge in [-0.1, -0.05) is 12.1 Å². The van der Waals surface area contributed by atoms with Crippen LogP contribution in [0.4, 0.5) is 17.6 Å². The van der Waals surface area contributed by atoms with Gasteiger partial charge >= 0.3 is 6.18 Å². The molecule has 2 aromatic rings. The lowest BCUT2D eigenvalue weighted by Gasteiger charge is -2.31. The van der Waals surface area contributed by atoms with Gasteiger partial charge in [0, 0.05) is 31.1 Å². The van der Waals surface area contributed by atoms with Crippen LogP contribution >= 0.6 is 0 Å². The Bertz CT molecular complexity index is 890. The molecule has 0 unspecified atom stereocenters. The van der Waals surface area contributed by atoms with E-state index in [1.165, 1.54) is 36.4 Å². The van der Waals surface area contributed by atoms with Crippen molar-refractivity contribution < 1.29 is 31.9 Å². The van der Waals surface area contributed by atoms with Gasteiger partial charge in [0.05, 0.1) is 0 Å². The van der Waals surface area contributed by atoms with Gasteiger partial charge in [-0.2, -0.15) is 13.2 Å². The molecule has 1 fully saturated rings. The maximum atomic E-state index is 13.0. The molecular weight excluding hydrogens is 416 g/mol. The van der Waals surface area contributed by atoms with Crippen LogP contribution in [0.15, 0.2) is 48.5 Å². The zero-order valence-electron chi connectivity index (χ0n) is 16.6. The summed E-state index contributed by atoms with van der Waals surface area (Å²) in [5, 5.41) is 2.82. The van der Waals surface area contributed by atoms with Crippen LogP contribution in [0.1, 0.15) is 28.8 Å². The summed E-state index contributed by atoms with van der Waals surface area (Å²) in [5.41, 5.74) is 1.14. The lowest BCUT2D eigenvalue weighted by molar-refractivity contribution is -0.153. The van der Waals surface area contributed by atoms with Crippen molar-refractivity contribution in [2.75, 3.05) is 19.7 Å². The monoisotopic (exact) mass is 438 g/mol. The Hall–Kier alpha value is -3.10. The molecule has 1 N–H and O–H groups in total. The van der Waals surface area contributed by atoms with Crippen LogP contribution in [0.5, 0.6) is 5.75 Å². The fourth-order valence-electron chi connectivity index (χ4n) is 3.32. The fourth-order valence-corrected chi connectivity index (χ4v) is 3.32. The third-order valence-corrected chi connectivity index (χ3v) is 5.04. The van der Waals surface area contributed by atoms with Gasteiger partial charge in [0.25, 0.3) is 5.91 Å². The number of likely N-dealkylation sites (tertiary alicyclic amines) is 1. The minimum absolute atomic E-state index is 0.102. The quantitative estimate of drug-likeness (QED) is 0.696. The number of carbonyl (C=O) groups is 2. The van der Waals surface area contributed by atoms with E-state index < -0.39 is 18.6 Å². The number of amides is 2. The number of nitrogens with one attached hydrogen (secondary N) is 1. The second-order valence-electron chi connectivity index (χ2n) is 7.34. The van der Waals surface area contributed by atoms with E-state index in [1.54, 1.807) is 17.0 Å². The average Bonchev–Trinajstić information content (AvgIpc) is 2.76. The minimum Gasteiger partial charge on any atom is -0.484 e. The minimum atomic E-state index is -4.40. The van der Waals surface area contributed by atoms with Crippen molar-refractivity contribution in [1.29, 1.82) is 0 Å². The highest BCUT2D eigenvalue weighted by atomic mass is 19.4. The molecule has 1 heterocycles. The number of nitrogens with zero attached hydrogens (tertiary/aromatic N) is 1. The number of rotatable bonds is 6. The van der Waals surface area contributed by atoms with E-state index in [0.717, 1.165) is 5.56 Å². The van der Waals surface area contributed by atoms with Crippen LogP contribution in [0, 0.1) is 11.7 Å². The maximum absolute atomic E-state index is 13.0. The Kier molecular flexibility index (Phi) is 7.14. The number of ether oxygens (including phenoxy) is 1. The summed E-state index contributed by atoms with van der Waals surface area (Å²) in [4.78, 5) is 26.5. The molecule has 0 radical (unpaired) electrons. The summed E-state index contributed by atoms with van der Waals surface area (Å²) in [6.07, 6.45) is -3.36. The highest BCUT2D eigenvalue weighted by Crippen LogP contribution is 2.21. The molecule has 1 aliphatic heterocycles. The normalized spacial score (nSPS) is 14.9. The highest BCUT2D eigenvalue weighted by molar-refractivity contribution is 5.94. The smallest absolute Gasteiger partial charge is 0.422 e. The van der Waals surface area contributed by atoms with Crippen molar-refractivity contribution in [1.82, 2.24) is 10.2 Å². The van der Waals surface area contributed by atoms with Crippen molar-refractivity contribution in [2.24, 2.45) is 5.92 Å². The van der Waals surface area contributed by atoms with E-state index in [4.69, 9.17) is 0 Å². The van der Waals surface area contributed by atoms with E-state index in [-0.39, 0.29) is 30.0 Å². The second kappa shape index (κ2) is 9.80. The first-order valence-electron chi connectivity index (χ1n) is 9.82. The summed E-state index contributed by atoms with van der Waals surface area (Å²) >= 11 is 0. The van der Waals surface area contributed by atoms with Crippen LogP contribution in [0.3, 0.4) is 0 Å². The Labute approximate surface area is 177 Å². The molecule has 166 valence electrons. The van der Waals surface area contributed by atoms with Gasteiger partial charge in [-0.3, -0.25) is 9.59 Å². The maximum Gasteiger partial charge on any atom is 0.422 e. The van der Waals surface area contributed by atoms with Crippen molar-refractivity contribution in [3.8, 4) is 5.75 Å². The topological polar surface area (TPSA) is 58.6 Å². The van der Waals surface area contributed by atoms with Crippen molar-refractivity contribution >= 4 is 11.8 Å². The largest absolute Gasteiger partial charge is 0.484 e. The SMILES string of the molecule is O=C(NCc1ccc(OCC(F)(F)F)cc1)C1CCN(C(=O)c2ccc(F)cc2)CC1.